The van der Waals surface area contributed by atoms with Crippen molar-refractivity contribution in [2.75, 3.05) is 14.1 Å². The highest BCUT2D eigenvalue weighted by Gasteiger charge is 2.24. The van der Waals surface area contributed by atoms with Crippen LogP contribution in [-0.4, -0.2) is 35.2 Å². The first-order valence-electron chi connectivity index (χ1n) is 6.67. The lowest BCUT2D eigenvalue weighted by Gasteiger charge is -2.08. The highest BCUT2D eigenvalue weighted by atomic mass is 35.5. The molecule has 2 aromatic rings. The number of hydrogen-bond acceptors (Lipinski definition) is 5. The molecule has 0 saturated carbocycles. The fraction of sp³-hybridized carbons (Fsp3) is 0.286. The molecule has 0 aliphatic heterocycles. The SMILES string of the molecule is CN(C)S(=O)(=O)c1ccc(CS(=O)(=O)Cc2c(F)cccc2Cl)o1. The Morgan fingerprint density at radius 1 is 1.08 bits per heavy atom. The summed E-state index contributed by atoms with van der Waals surface area (Å²) in [5, 5.41) is -0.351. The van der Waals surface area contributed by atoms with Gasteiger partial charge in [0.1, 0.15) is 17.3 Å². The van der Waals surface area contributed by atoms with Crippen LogP contribution in [0.25, 0.3) is 0 Å². The fourth-order valence-corrected chi connectivity index (χ4v) is 4.46. The smallest absolute Gasteiger partial charge is 0.275 e. The quantitative estimate of drug-likeness (QED) is 0.750. The highest BCUT2D eigenvalue weighted by Crippen LogP contribution is 2.24. The third-order valence-electron chi connectivity index (χ3n) is 3.16. The number of halogens is 2. The first kappa shape index (κ1) is 18.9. The van der Waals surface area contributed by atoms with E-state index < -0.39 is 37.2 Å². The third-order valence-corrected chi connectivity index (χ3v) is 6.66. The summed E-state index contributed by atoms with van der Waals surface area (Å²) in [5.41, 5.74) is -0.133. The summed E-state index contributed by atoms with van der Waals surface area (Å²) in [6.45, 7) is 0. The zero-order valence-electron chi connectivity index (χ0n) is 12.9. The monoisotopic (exact) mass is 395 g/mol. The Bertz CT molecular complexity index is 931. The molecule has 24 heavy (non-hydrogen) atoms. The van der Waals surface area contributed by atoms with Crippen LogP contribution in [0.4, 0.5) is 4.39 Å². The zero-order chi connectivity index (χ0) is 18.1. The molecule has 0 aliphatic rings. The van der Waals surface area contributed by atoms with Gasteiger partial charge >= 0.3 is 0 Å². The molecule has 0 amide bonds. The summed E-state index contributed by atoms with van der Waals surface area (Å²) in [5.74, 6) is -1.96. The molecule has 132 valence electrons. The molecule has 0 atom stereocenters. The van der Waals surface area contributed by atoms with Crippen LogP contribution < -0.4 is 0 Å². The van der Waals surface area contributed by atoms with E-state index in [1.54, 1.807) is 0 Å². The first-order valence-corrected chi connectivity index (χ1v) is 10.3. The van der Waals surface area contributed by atoms with Crippen molar-refractivity contribution in [1.29, 1.82) is 0 Å². The standard InChI is InChI=1S/C14H15ClFNO5S2/c1-17(2)24(20,21)14-7-6-10(22-14)8-23(18,19)9-11-12(15)4-3-5-13(11)16/h3-7H,8-9H2,1-2H3. The van der Waals surface area contributed by atoms with Gasteiger partial charge in [-0.3, -0.25) is 0 Å². The van der Waals surface area contributed by atoms with E-state index in [4.69, 9.17) is 16.0 Å². The molecule has 0 saturated heterocycles. The van der Waals surface area contributed by atoms with Crippen LogP contribution in [-0.2, 0) is 31.4 Å². The van der Waals surface area contributed by atoms with Crippen LogP contribution in [0.5, 0.6) is 0 Å². The number of benzene rings is 1. The second kappa shape index (κ2) is 6.83. The molecular formula is C14H15ClFNO5S2. The van der Waals surface area contributed by atoms with Crippen LogP contribution in [0.3, 0.4) is 0 Å². The van der Waals surface area contributed by atoms with Crippen LogP contribution >= 0.6 is 11.6 Å². The molecular weight excluding hydrogens is 381 g/mol. The van der Waals surface area contributed by atoms with Gasteiger partial charge in [-0.25, -0.2) is 25.5 Å². The molecule has 0 bridgehead atoms. The average Bonchev–Trinajstić information content (AvgIpc) is 2.91. The molecule has 0 spiro atoms. The second-order valence-corrected chi connectivity index (χ2v) is 9.80. The molecule has 10 heteroatoms. The Morgan fingerprint density at radius 2 is 1.75 bits per heavy atom. The molecule has 0 aliphatic carbocycles. The minimum Gasteiger partial charge on any atom is -0.447 e. The molecule has 0 fully saturated rings. The van der Waals surface area contributed by atoms with Crippen LogP contribution in [0, 0.1) is 5.82 Å². The zero-order valence-corrected chi connectivity index (χ0v) is 15.3. The van der Waals surface area contributed by atoms with Gasteiger partial charge in [0.15, 0.2) is 9.84 Å². The molecule has 1 aromatic heterocycles. The summed E-state index contributed by atoms with van der Waals surface area (Å²) in [7, 11) is -4.95. The van der Waals surface area contributed by atoms with Crippen molar-refractivity contribution in [1.82, 2.24) is 4.31 Å². The maximum Gasteiger partial charge on any atom is 0.275 e. The van der Waals surface area contributed by atoms with Crippen molar-refractivity contribution in [2.24, 2.45) is 0 Å². The topological polar surface area (TPSA) is 84.7 Å². The van der Waals surface area contributed by atoms with Gasteiger partial charge < -0.3 is 4.42 Å². The maximum atomic E-state index is 13.7. The normalized spacial score (nSPS) is 12.7. The van der Waals surface area contributed by atoms with Crippen LogP contribution in [0.15, 0.2) is 39.8 Å². The molecule has 2 rings (SSSR count). The van der Waals surface area contributed by atoms with Crippen molar-refractivity contribution in [2.45, 2.75) is 16.6 Å². The number of nitrogens with zero attached hydrogens (tertiary/aromatic N) is 1. The Morgan fingerprint density at radius 3 is 2.33 bits per heavy atom. The van der Waals surface area contributed by atoms with Crippen molar-refractivity contribution >= 4 is 31.5 Å². The molecule has 0 radical (unpaired) electrons. The lowest BCUT2D eigenvalue weighted by molar-refractivity contribution is 0.406. The van der Waals surface area contributed by atoms with Crippen LogP contribution in [0.1, 0.15) is 11.3 Å². The fourth-order valence-electron chi connectivity index (χ4n) is 1.91. The van der Waals surface area contributed by atoms with Crippen molar-refractivity contribution < 1.29 is 25.6 Å². The molecule has 0 unspecified atom stereocenters. The van der Waals surface area contributed by atoms with Crippen molar-refractivity contribution in [3.63, 3.8) is 0 Å². The second-order valence-electron chi connectivity index (χ2n) is 5.24. The largest absolute Gasteiger partial charge is 0.447 e. The minimum absolute atomic E-state index is 0.00824. The number of rotatable bonds is 6. The van der Waals surface area contributed by atoms with E-state index in [0.717, 1.165) is 10.4 Å². The molecule has 1 heterocycles. The van der Waals surface area contributed by atoms with E-state index >= 15 is 0 Å². The Kier molecular flexibility index (Phi) is 5.38. The lowest BCUT2D eigenvalue weighted by atomic mass is 10.2. The van der Waals surface area contributed by atoms with Crippen molar-refractivity contribution in [3.8, 4) is 0 Å². The van der Waals surface area contributed by atoms with E-state index in [2.05, 4.69) is 0 Å². The van der Waals surface area contributed by atoms with E-state index in [0.29, 0.717) is 0 Å². The van der Waals surface area contributed by atoms with Crippen molar-refractivity contribution in [3.05, 3.63) is 52.5 Å². The van der Waals surface area contributed by atoms with Gasteiger partial charge in [-0.2, -0.15) is 0 Å². The van der Waals surface area contributed by atoms with E-state index in [1.165, 1.54) is 38.4 Å². The first-order chi connectivity index (χ1) is 11.0. The summed E-state index contributed by atoms with van der Waals surface area (Å²) < 4.78 is 68.0. The number of hydrogen-bond donors (Lipinski definition) is 0. The van der Waals surface area contributed by atoms with Gasteiger partial charge in [0, 0.05) is 24.7 Å². The predicted molar refractivity (Wildman–Crippen MR) is 87.3 cm³/mol. The summed E-state index contributed by atoms with van der Waals surface area (Å²) >= 11 is 5.82. The number of sulfone groups is 1. The highest BCUT2D eigenvalue weighted by molar-refractivity contribution is 7.90. The molecule has 6 nitrogen and oxygen atoms in total. The Hall–Kier alpha value is -1.42. The molecule has 0 N–H and O–H groups in total. The molecule has 1 aromatic carbocycles. The van der Waals surface area contributed by atoms with E-state index in [1.807, 2.05) is 0 Å². The van der Waals surface area contributed by atoms with Gasteiger partial charge in [-0.1, -0.05) is 17.7 Å². The number of furan rings is 1. The summed E-state index contributed by atoms with van der Waals surface area (Å²) in [4.78, 5) is 0. The predicted octanol–water partition coefficient (Wildman–Crippen LogP) is 2.44. The van der Waals surface area contributed by atoms with Gasteiger partial charge in [-0.05, 0) is 24.3 Å². The number of sulfonamides is 1. The van der Waals surface area contributed by atoms with E-state index in [9.17, 15) is 21.2 Å². The van der Waals surface area contributed by atoms with Gasteiger partial charge in [0.25, 0.3) is 10.0 Å². The minimum atomic E-state index is -3.81. The van der Waals surface area contributed by atoms with Gasteiger partial charge in [0.05, 0.1) is 5.75 Å². The lowest BCUT2D eigenvalue weighted by Crippen LogP contribution is -2.21. The van der Waals surface area contributed by atoms with E-state index in [-0.39, 0.29) is 21.4 Å². The van der Waals surface area contributed by atoms with Gasteiger partial charge in [0.2, 0.25) is 5.09 Å². The third kappa shape index (κ3) is 4.15. The summed E-state index contributed by atoms with van der Waals surface area (Å²) in [6, 6.07) is 6.32. The Labute approximate surface area is 144 Å². The summed E-state index contributed by atoms with van der Waals surface area (Å²) in [6.07, 6.45) is 0. The van der Waals surface area contributed by atoms with Gasteiger partial charge in [-0.15, -0.1) is 0 Å². The maximum absolute atomic E-state index is 13.7. The average molecular weight is 396 g/mol. The Balaban J connectivity index is 2.24. The van der Waals surface area contributed by atoms with Crippen LogP contribution in [0.2, 0.25) is 5.02 Å².